The van der Waals surface area contributed by atoms with Crippen LogP contribution in [-0.2, 0) is 0 Å². The molecule has 0 atom stereocenters. The third-order valence-corrected chi connectivity index (χ3v) is 5.95. The van der Waals surface area contributed by atoms with Gasteiger partial charge in [0.05, 0.1) is 5.02 Å². The summed E-state index contributed by atoms with van der Waals surface area (Å²) >= 11 is 13.8. The topological polar surface area (TPSA) is 29.1 Å². The van der Waals surface area contributed by atoms with Gasteiger partial charge in [-0.15, -0.1) is 11.3 Å². The summed E-state index contributed by atoms with van der Waals surface area (Å²) in [6.45, 7) is 0. The Bertz CT molecular complexity index is 1110. The molecule has 4 rings (SSSR count). The monoisotopic (exact) mass is 397 g/mol. The Balaban J connectivity index is 1.71. The van der Waals surface area contributed by atoms with E-state index < -0.39 is 0 Å². The van der Waals surface area contributed by atoms with Crippen molar-refractivity contribution in [2.45, 2.75) is 0 Å². The molecule has 0 radical (unpaired) electrons. The van der Waals surface area contributed by atoms with Crippen LogP contribution in [0.15, 0.2) is 72.8 Å². The van der Waals surface area contributed by atoms with Gasteiger partial charge in [-0.1, -0.05) is 77.8 Å². The van der Waals surface area contributed by atoms with Crippen molar-refractivity contribution in [2.24, 2.45) is 0 Å². The molecule has 0 aliphatic rings. The second-order valence-corrected chi connectivity index (χ2v) is 7.62. The molecular formula is C21H13Cl2NOS. The smallest absolute Gasteiger partial charge is 0.267 e. The van der Waals surface area contributed by atoms with Gasteiger partial charge in [0.1, 0.15) is 4.88 Å². The van der Waals surface area contributed by atoms with Gasteiger partial charge in [0.15, 0.2) is 0 Å². The van der Waals surface area contributed by atoms with E-state index in [-0.39, 0.29) is 5.91 Å². The molecule has 1 amide bonds. The first kappa shape index (κ1) is 17.1. The number of hydrogen-bond acceptors (Lipinski definition) is 2. The molecule has 0 saturated heterocycles. The number of fused-ring (bicyclic) bond motifs is 1. The van der Waals surface area contributed by atoms with Crippen molar-refractivity contribution in [2.75, 3.05) is 5.32 Å². The fourth-order valence-electron chi connectivity index (χ4n) is 2.83. The number of anilines is 1. The number of benzene rings is 3. The maximum Gasteiger partial charge on any atom is 0.267 e. The van der Waals surface area contributed by atoms with E-state index in [4.69, 9.17) is 23.2 Å². The number of para-hydroxylation sites is 1. The third kappa shape index (κ3) is 3.21. The highest BCUT2D eigenvalue weighted by molar-refractivity contribution is 7.21. The lowest BCUT2D eigenvalue weighted by Crippen LogP contribution is -2.11. The summed E-state index contributed by atoms with van der Waals surface area (Å²) in [5, 5.41) is 4.91. The van der Waals surface area contributed by atoms with Crippen molar-refractivity contribution in [3.63, 3.8) is 0 Å². The van der Waals surface area contributed by atoms with Crippen LogP contribution in [0.25, 0.3) is 21.2 Å². The zero-order chi connectivity index (χ0) is 18.1. The van der Waals surface area contributed by atoms with Crippen molar-refractivity contribution in [3.8, 4) is 11.1 Å². The van der Waals surface area contributed by atoms with Gasteiger partial charge >= 0.3 is 0 Å². The van der Waals surface area contributed by atoms with E-state index in [9.17, 15) is 4.79 Å². The molecule has 1 aromatic heterocycles. The summed E-state index contributed by atoms with van der Waals surface area (Å²) in [5.41, 5.74) is 2.75. The highest BCUT2D eigenvalue weighted by atomic mass is 35.5. The van der Waals surface area contributed by atoms with Gasteiger partial charge in [-0.05, 0) is 23.8 Å². The molecule has 0 aliphatic carbocycles. The summed E-state index contributed by atoms with van der Waals surface area (Å²) in [5.74, 6) is -0.226. The van der Waals surface area contributed by atoms with Gasteiger partial charge in [0, 0.05) is 26.4 Å². The molecule has 0 aliphatic heterocycles. The molecule has 3 aromatic carbocycles. The second-order valence-electron chi connectivity index (χ2n) is 5.75. The molecule has 1 N–H and O–H groups in total. The Hall–Kier alpha value is -2.33. The van der Waals surface area contributed by atoms with Crippen molar-refractivity contribution in [1.82, 2.24) is 0 Å². The first-order valence-corrected chi connectivity index (χ1v) is 9.54. The zero-order valence-electron chi connectivity index (χ0n) is 13.5. The summed E-state index contributed by atoms with van der Waals surface area (Å²) in [7, 11) is 0. The molecule has 5 heteroatoms. The predicted molar refractivity (Wildman–Crippen MR) is 112 cm³/mol. The first-order chi connectivity index (χ1) is 12.6. The predicted octanol–water partition coefficient (Wildman–Crippen LogP) is 7.13. The number of carbonyl (C=O) groups excluding carboxylic acids is 1. The highest BCUT2D eigenvalue weighted by Crippen LogP contribution is 2.37. The number of halogens is 2. The van der Waals surface area contributed by atoms with Crippen LogP contribution in [0.1, 0.15) is 9.67 Å². The molecule has 0 bridgehead atoms. The van der Waals surface area contributed by atoms with Crippen LogP contribution < -0.4 is 5.32 Å². The summed E-state index contributed by atoms with van der Waals surface area (Å²) < 4.78 is 0.893. The van der Waals surface area contributed by atoms with E-state index in [1.54, 1.807) is 6.07 Å². The fraction of sp³-hybridized carbons (Fsp3) is 0. The summed E-state index contributed by atoms with van der Waals surface area (Å²) in [4.78, 5) is 13.3. The SMILES string of the molecule is O=C(Nc1ccccc1-c1ccccc1)c1sc2cc(Cl)ccc2c1Cl. The molecule has 1 heterocycles. The van der Waals surface area contributed by atoms with Gasteiger partial charge in [-0.25, -0.2) is 0 Å². The Morgan fingerprint density at radius 2 is 1.62 bits per heavy atom. The van der Waals surface area contributed by atoms with Gasteiger partial charge in [-0.3, -0.25) is 4.79 Å². The Kier molecular flexibility index (Phi) is 4.68. The second kappa shape index (κ2) is 7.12. The largest absolute Gasteiger partial charge is 0.321 e. The normalized spacial score (nSPS) is 10.8. The Labute approximate surface area is 165 Å². The average molecular weight is 398 g/mol. The number of rotatable bonds is 3. The minimum atomic E-state index is -0.226. The fourth-order valence-corrected chi connectivity index (χ4v) is 4.51. The van der Waals surface area contributed by atoms with E-state index >= 15 is 0 Å². The van der Waals surface area contributed by atoms with Gasteiger partial charge in [0.2, 0.25) is 0 Å². The number of carbonyl (C=O) groups is 1. The van der Waals surface area contributed by atoms with Crippen LogP contribution in [0, 0.1) is 0 Å². The van der Waals surface area contributed by atoms with Crippen molar-refractivity contribution in [3.05, 3.63) is 87.7 Å². The standard InChI is InChI=1S/C21H13Cl2NOS/c22-14-10-11-16-18(12-14)26-20(19(16)23)21(25)24-17-9-5-4-8-15(17)13-6-2-1-3-7-13/h1-12H,(H,24,25). The van der Waals surface area contributed by atoms with Gasteiger partial charge in [-0.2, -0.15) is 0 Å². The molecule has 4 aromatic rings. The quantitative estimate of drug-likeness (QED) is 0.391. The maximum atomic E-state index is 12.9. The molecule has 0 saturated carbocycles. The molecule has 2 nitrogen and oxygen atoms in total. The van der Waals surface area contributed by atoms with Crippen LogP contribution >= 0.6 is 34.5 Å². The van der Waals surface area contributed by atoms with E-state index in [0.717, 1.165) is 26.9 Å². The van der Waals surface area contributed by atoms with Gasteiger partial charge < -0.3 is 5.32 Å². The first-order valence-electron chi connectivity index (χ1n) is 7.97. The maximum absolute atomic E-state index is 12.9. The Morgan fingerprint density at radius 3 is 2.42 bits per heavy atom. The number of thiophene rings is 1. The highest BCUT2D eigenvalue weighted by Gasteiger charge is 2.18. The summed E-state index contributed by atoms with van der Waals surface area (Å²) in [6, 6.07) is 23.1. The molecule has 26 heavy (non-hydrogen) atoms. The summed E-state index contributed by atoms with van der Waals surface area (Å²) in [6.07, 6.45) is 0. The minimum Gasteiger partial charge on any atom is -0.321 e. The van der Waals surface area contributed by atoms with Crippen molar-refractivity contribution in [1.29, 1.82) is 0 Å². The molecule has 0 unspecified atom stereocenters. The van der Waals surface area contributed by atoms with Crippen LogP contribution in [0.3, 0.4) is 0 Å². The molecular weight excluding hydrogens is 385 g/mol. The lowest BCUT2D eigenvalue weighted by molar-refractivity contribution is 0.103. The van der Waals surface area contributed by atoms with Crippen molar-refractivity contribution < 1.29 is 4.79 Å². The third-order valence-electron chi connectivity index (χ3n) is 4.06. The lowest BCUT2D eigenvalue weighted by Gasteiger charge is -2.11. The van der Waals surface area contributed by atoms with E-state index in [0.29, 0.717) is 14.9 Å². The number of amides is 1. The van der Waals surface area contributed by atoms with E-state index in [2.05, 4.69) is 5.32 Å². The van der Waals surface area contributed by atoms with E-state index in [1.807, 2.05) is 66.7 Å². The zero-order valence-corrected chi connectivity index (χ0v) is 15.8. The lowest BCUT2D eigenvalue weighted by atomic mass is 10.0. The van der Waals surface area contributed by atoms with E-state index in [1.165, 1.54) is 11.3 Å². The van der Waals surface area contributed by atoms with Crippen LogP contribution in [0.2, 0.25) is 10.0 Å². The van der Waals surface area contributed by atoms with Crippen LogP contribution in [0.4, 0.5) is 5.69 Å². The number of hydrogen-bond donors (Lipinski definition) is 1. The van der Waals surface area contributed by atoms with Crippen LogP contribution in [0.5, 0.6) is 0 Å². The van der Waals surface area contributed by atoms with Crippen LogP contribution in [-0.4, -0.2) is 5.91 Å². The molecule has 0 spiro atoms. The minimum absolute atomic E-state index is 0.226. The number of nitrogens with one attached hydrogen (secondary N) is 1. The average Bonchev–Trinajstić information content (AvgIpc) is 2.99. The van der Waals surface area contributed by atoms with Crippen molar-refractivity contribution >= 4 is 56.2 Å². The van der Waals surface area contributed by atoms with Gasteiger partial charge in [0.25, 0.3) is 5.91 Å². The molecule has 128 valence electrons. The Morgan fingerprint density at radius 1 is 0.885 bits per heavy atom. The molecule has 0 fully saturated rings.